The fraction of sp³-hybridized carbons (Fsp3) is 0.600. The molecule has 0 atom stereocenters. The molecule has 0 aromatic heterocycles. The lowest BCUT2D eigenvalue weighted by atomic mass is 9.88. The van der Waals surface area contributed by atoms with Crippen LogP contribution in [-0.4, -0.2) is 0 Å². The third-order valence-electron chi connectivity index (χ3n) is 2.40. The van der Waals surface area contributed by atoms with Crippen LogP contribution in [0.2, 0.25) is 0 Å². The summed E-state index contributed by atoms with van der Waals surface area (Å²) >= 11 is 0. The first kappa shape index (κ1) is 15.2. The van der Waals surface area contributed by atoms with Gasteiger partial charge in [0.2, 0.25) is 0 Å². The van der Waals surface area contributed by atoms with Gasteiger partial charge in [0.15, 0.2) is 0 Å². The maximum absolute atomic E-state index is 13.2. The molecule has 1 aromatic rings. The van der Waals surface area contributed by atoms with Gasteiger partial charge in [-0.05, 0) is 42.4 Å². The van der Waals surface area contributed by atoms with Gasteiger partial charge in [-0.3, -0.25) is 0 Å². The van der Waals surface area contributed by atoms with Gasteiger partial charge in [-0.15, -0.1) is 0 Å². The van der Waals surface area contributed by atoms with Crippen LogP contribution in [0.25, 0.3) is 0 Å². The Morgan fingerprint density at radius 3 is 2.12 bits per heavy atom. The van der Waals surface area contributed by atoms with E-state index < -0.39 is 0 Å². The van der Waals surface area contributed by atoms with E-state index in [0.29, 0.717) is 5.41 Å². The molecule has 1 rings (SSSR count). The second-order valence-corrected chi connectivity index (χ2v) is 5.14. The topological polar surface area (TPSA) is 0 Å². The molecule has 1 heteroatoms. The summed E-state index contributed by atoms with van der Waals surface area (Å²) in [5.74, 6) is -0.0867. The molecule has 0 unspecified atom stereocenters. The van der Waals surface area contributed by atoms with E-state index in [-0.39, 0.29) is 5.82 Å². The average Bonchev–Trinajstić information content (AvgIpc) is 2.22. The molecule has 0 radical (unpaired) electrons. The molecule has 0 aliphatic heterocycles. The number of benzene rings is 1. The zero-order valence-electron chi connectivity index (χ0n) is 11.5. The molecule has 0 N–H and O–H groups in total. The van der Waals surface area contributed by atoms with Gasteiger partial charge in [0.25, 0.3) is 0 Å². The van der Waals surface area contributed by atoms with Crippen LogP contribution in [0, 0.1) is 18.2 Å². The second kappa shape index (κ2) is 6.67. The highest BCUT2D eigenvalue weighted by atomic mass is 19.1. The minimum atomic E-state index is -0.0867. The molecule has 0 saturated carbocycles. The van der Waals surface area contributed by atoms with E-state index in [4.69, 9.17) is 0 Å². The molecule has 0 fully saturated rings. The summed E-state index contributed by atoms with van der Waals surface area (Å²) in [7, 11) is 0. The Morgan fingerprint density at radius 1 is 1.12 bits per heavy atom. The summed E-state index contributed by atoms with van der Waals surface area (Å²) < 4.78 is 13.2. The van der Waals surface area contributed by atoms with Crippen molar-refractivity contribution in [3.63, 3.8) is 0 Å². The van der Waals surface area contributed by atoms with Crippen LogP contribution in [0.5, 0.6) is 0 Å². The molecule has 0 bridgehead atoms. The quantitative estimate of drug-likeness (QED) is 0.652. The van der Waals surface area contributed by atoms with Crippen LogP contribution < -0.4 is 0 Å². The van der Waals surface area contributed by atoms with Crippen LogP contribution >= 0.6 is 0 Å². The lowest BCUT2D eigenvalue weighted by Gasteiger charge is -2.17. The van der Waals surface area contributed by atoms with Crippen LogP contribution in [0.4, 0.5) is 4.39 Å². The normalized spacial score (nSPS) is 10.7. The molecule has 0 saturated heterocycles. The molecular formula is C15H25F. The minimum Gasteiger partial charge on any atom is -0.207 e. The second-order valence-electron chi connectivity index (χ2n) is 5.14. The highest BCUT2D eigenvalue weighted by Crippen LogP contribution is 2.22. The molecule has 0 aliphatic rings. The van der Waals surface area contributed by atoms with Gasteiger partial charge < -0.3 is 0 Å². The summed E-state index contributed by atoms with van der Waals surface area (Å²) in [5.41, 5.74) is 2.15. The van der Waals surface area contributed by atoms with Gasteiger partial charge in [0, 0.05) is 0 Å². The third kappa shape index (κ3) is 5.89. The van der Waals surface area contributed by atoms with E-state index in [0.717, 1.165) is 24.0 Å². The van der Waals surface area contributed by atoms with E-state index in [2.05, 4.69) is 20.8 Å². The van der Waals surface area contributed by atoms with Gasteiger partial charge in [-0.1, -0.05) is 46.8 Å². The van der Waals surface area contributed by atoms with Crippen LogP contribution in [0.1, 0.15) is 52.2 Å². The summed E-state index contributed by atoms with van der Waals surface area (Å²) in [6.45, 7) is 12.4. The predicted molar refractivity (Wildman–Crippen MR) is 70.3 cm³/mol. The predicted octanol–water partition coefficient (Wildman–Crippen LogP) is 5.14. The van der Waals surface area contributed by atoms with Crippen molar-refractivity contribution in [3.8, 4) is 0 Å². The van der Waals surface area contributed by atoms with Crippen molar-refractivity contribution in [1.29, 1.82) is 0 Å². The summed E-state index contributed by atoms with van der Waals surface area (Å²) in [4.78, 5) is 0. The van der Waals surface area contributed by atoms with Gasteiger partial charge >= 0.3 is 0 Å². The van der Waals surface area contributed by atoms with Gasteiger partial charge in [0.05, 0.1) is 0 Å². The molecule has 0 spiro atoms. The monoisotopic (exact) mass is 224 g/mol. The Morgan fingerprint density at radius 2 is 1.69 bits per heavy atom. The van der Waals surface area contributed by atoms with E-state index in [9.17, 15) is 4.39 Å². The number of halogens is 1. The van der Waals surface area contributed by atoms with Crippen molar-refractivity contribution in [1.82, 2.24) is 0 Å². The Bertz CT molecular complexity index is 308. The standard InChI is InChI=1S/C13H19F.C2H6/c1-10-5-6-11(9-12(10)14)7-8-13(2,3)4;1-2/h5-6,9H,7-8H2,1-4H3;1-2H3. The summed E-state index contributed by atoms with van der Waals surface area (Å²) in [6, 6.07) is 5.53. The molecule has 0 aliphatic carbocycles. The smallest absolute Gasteiger partial charge is 0.126 e. The van der Waals surface area contributed by atoms with Crippen molar-refractivity contribution in [2.24, 2.45) is 5.41 Å². The van der Waals surface area contributed by atoms with E-state index in [1.54, 1.807) is 13.0 Å². The first-order valence-corrected chi connectivity index (χ1v) is 6.13. The number of hydrogen-bond donors (Lipinski definition) is 0. The highest BCUT2D eigenvalue weighted by Gasteiger charge is 2.10. The summed E-state index contributed by atoms with van der Waals surface area (Å²) in [6.07, 6.45) is 2.05. The van der Waals surface area contributed by atoms with Crippen LogP contribution in [0.15, 0.2) is 18.2 Å². The molecule has 16 heavy (non-hydrogen) atoms. The fourth-order valence-corrected chi connectivity index (χ4v) is 1.31. The zero-order valence-corrected chi connectivity index (χ0v) is 11.5. The number of hydrogen-bond acceptors (Lipinski definition) is 0. The molecule has 0 heterocycles. The first-order chi connectivity index (χ1) is 7.38. The Labute approximate surface area is 99.9 Å². The largest absolute Gasteiger partial charge is 0.207 e. The van der Waals surface area contributed by atoms with Crippen molar-refractivity contribution in [3.05, 3.63) is 35.1 Å². The number of aryl methyl sites for hydroxylation is 2. The maximum Gasteiger partial charge on any atom is 0.126 e. The molecule has 92 valence electrons. The Kier molecular flexibility index (Phi) is 6.32. The molecule has 0 amide bonds. The average molecular weight is 224 g/mol. The SMILES string of the molecule is CC.Cc1ccc(CCC(C)(C)C)cc1F. The zero-order chi connectivity index (χ0) is 12.8. The Balaban J connectivity index is 0.00000106. The molecular weight excluding hydrogens is 199 g/mol. The first-order valence-electron chi connectivity index (χ1n) is 6.13. The van der Waals surface area contributed by atoms with Gasteiger partial charge in [-0.25, -0.2) is 4.39 Å². The van der Waals surface area contributed by atoms with E-state index in [1.165, 1.54) is 0 Å². The Hall–Kier alpha value is -0.850. The fourth-order valence-electron chi connectivity index (χ4n) is 1.31. The van der Waals surface area contributed by atoms with Gasteiger partial charge in [-0.2, -0.15) is 0 Å². The summed E-state index contributed by atoms with van der Waals surface area (Å²) in [5, 5.41) is 0. The van der Waals surface area contributed by atoms with E-state index >= 15 is 0 Å². The van der Waals surface area contributed by atoms with Crippen molar-refractivity contribution >= 4 is 0 Å². The molecule has 1 aromatic carbocycles. The highest BCUT2D eigenvalue weighted by molar-refractivity contribution is 5.23. The van der Waals surface area contributed by atoms with Crippen molar-refractivity contribution in [2.75, 3.05) is 0 Å². The minimum absolute atomic E-state index is 0.0867. The number of rotatable bonds is 2. The maximum atomic E-state index is 13.2. The van der Waals surface area contributed by atoms with Crippen LogP contribution in [-0.2, 0) is 6.42 Å². The third-order valence-corrected chi connectivity index (χ3v) is 2.40. The molecule has 0 nitrogen and oxygen atoms in total. The lowest BCUT2D eigenvalue weighted by Crippen LogP contribution is -2.06. The van der Waals surface area contributed by atoms with Crippen molar-refractivity contribution < 1.29 is 4.39 Å². The van der Waals surface area contributed by atoms with Crippen LogP contribution in [0.3, 0.4) is 0 Å². The van der Waals surface area contributed by atoms with E-state index in [1.807, 2.05) is 26.0 Å². The van der Waals surface area contributed by atoms with Crippen molar-refractivity contribution in [2.45, 2.75) is 54.4 Å². The van der Waals surface area contributed by atoms with Gasteiger partial charge in [0.1, 0.15) is 5.82 Å². The lowest BCUT2D eigenvalue weighted by molar-refractivity contribution is 0.378.